The maximum atomic E-state index is 12.4. The molecule has 0 bridgehead atoms. The zero-order valence-electron chi connectivity index (χ0n) is 13.9. The van der Waals surface area contributed by atoms with Gasteiger partial charge in [0.25, 0.3) is 12.3 Å². The largest absolute Gasteiger partial charge is 0.399 e. The van der Waals surface area contributed by atoms with Crippen LogP contribution < -0.4 is 4.18 Å². The Balaban J connectivity index is 1.69. The number of ketones is 1. The van der Waals surface area contributed by atoms with Crippen molar-refractivity contribution in [2.24, 2.45) is 5.41 Å². The minimum Gasteiger partial charge on any atom is -0.399 e. The monoisotopic (exact) mass is 364 g/mol. The maximum absolute atomic E-state index is 12.4. The van der Waals surface area contributed by atoms with Crippen molar-refractivity contribution >= 4 is 23.7 Å². The standard InChI is InChI=1S/C18H20O6S/c1-17-8-6-14-13-4-3-12(22-25-24-23-21)10-11(13)2-5-15(14)18(17,20)9-7-16(17)19/h3-4,10,20-21H,2,5-9H2,1H3/t17-,18?/m1/s1. The van der Waals surface area contributed by atoms with Gasteiger partial charge in [-0.15, -0.1) is 0 Å². The highest BCUT2D eigenvalue weighted by atomic mass is 32.2. The molecule has 0 radical (unpaired) electrons. The lowest BCUT2D eigenvalue weighted by Gasteiger charge is -2.47. The van der Waals surface area contributed by atoms with E-state index in [2.05, 4.69) is 9.37 Å². The van der Waals surface area contributed by atoms with Crippen molar-refractivity contribution < 1.29 is 28.7 Å². The molecule has 3 aliphatic rings. The van der Waals surface area contributed by atoms with E-state index in [9.17, 15) is 9.90 Å². The summed E-state index contributed by atoms with van der Waals surface area (Å²) in [6, 6.07) is 5.74. The molecular formula is C18H20O6S. The van der Waals surface area contributed by atoms with E-state index in [-0.39, 0.29) is 5.78 Å². The molecule has 4 rings (SSSR count). The second-order valence-electron chi connectivity index (χ2n) is 7.19. The number of allylic oxidation sites excluding steroid dienone is 1. The van der Waals surface area contributed by atoms with Gasteiger partial charge in [0.2, 0.25) is 0 Å². The van der Waals surface area contributed by atoms with Crippen molar-refractivity contribution in [3.05, 3.63) is 34.9 Å². The molecule has 6 nitrogen and oxygen atoms in total. The molecule has 0 aliphatic heterocycles. The first kappa shape index (κ1) is 17.1. The molecule has 25 heavy (non-hydrogen) atoms. The minimum atomic E-state index is -0.993. The fraction of sp³-hybridized carbons (Fsp3) is 0.500. The molecule has 2 N–H and O–H groups in total. The van der Waals surface area contributed by atoms with Crippen LogP contribution in [0.3, 0.4) is 0 Å². The molecule has 0 spiro atoms. The van der Waals surface area contributed by atoms with Crippen LogP contribution in [-0.2, 0) is 20.6 Å². The Bertz CT molecular complexity index is 760. The zero-order valence-corrected chi connectivity index (χ0v) is 14.7. The van der Waals surface area contributed by atoms with E-state index in [4.69, 9.17) is 9.44 Å². The van der Waals surface area contributed by atoms with Crippen LogP contribution in [0.4, 0.5) is 0 Å². The Morgan fingerprint density at radius 3 is 2.80 bits per heavy atom. The van der Waals surface area contributed by atoms with Gasteiger partial charge in [0, 0.05) is 6.42 Å². The van der Waals surface area contributed by atoms with Crippen LogP contribution in [0, 0.1) is 5.41 Å². The Kier molecular flexibility index (Phi) is 4.16. The summed E-state index contributed by atoms with van der Waals surface area (Å²) in [6.45, 7) is 1.93. The van der Waals surface area contributed by atoms with E-state index in [0.29, 0.717) is 37.3 Å². The van der Waals surface area contributed by atoms with E-state index in [1.165, 1.54) is 5.57 Å². The smallest absolute Gasteiger partial charge is 0.261 e. The number of rotatable bonds is 4. The average Bonchev–Trinajstić information content (AvgIpc) is 2.86. The van der Waals surface area contributed by atoms with Crippen LogP contribution in [-0.4, -0.2) is 21.7 Å². The molecule has 3 aliphatic carbocycles. The molecule has 1 aromatic rings. The average molecular weight is 364 g/mol. The highest BCUT2D eigenvalue weighted by molar-refractivity contribution is 7.90. The van der Waals surface area contributed by atoms with E-state index < -0.39 is 11.0 Å². The lowest BCUT2D eigenvalue weighted by Crippen LogP contribution is -2.50. The molecule has 1 fully saturated rings. The molecule has 0 amide bonds. The first-order chi connectivity index (χ1) is 12.0. The Hall–Kier alpha value is -1.38. The lowest BCUT2D eigenvalue weighted by atomic mass is 9.60. The summed E-state index contributed by atoms with van der Waals surface area (Å²) >= 11 is 0.530. The Morgan fingerprint density at radius 1 is 1.16 bits per heavy atom. The summed E-state index contributed by atoms with van der Waals surface area (Å²) in [4.78, 5) is 12.4. The van der Waals surface area contributed by atoms with E-state index in [0.717, 1.165) is 36.0 Å². The van der Waals surface area contributed by atoms with Gasteiger partial charge in [-0.2, -0.15) is 0 Å². The molecule has 0 heterocycles. The number of Topliss-reactive ketones (excluding diaryl/α,β-unsaturated/α-hetero) is 1. The predicted octanol–water partition coefficient (Wildman–Crippen LogP) is 3.64. The van der Waals surface area contributed by atoms with Crippen molar-refractivity contribution in [2.45, 2.75) is 51.0 Å². The SMILES string of the molecule is C[C@]12CCC3=C(CCc4cc(OSOOO)ccc43)C1(O)CCC2=O. The van der Waals surface area contributed by atoms with Gasteiger partial charge >= 0.3 is 0 Å². The van der Waals surface area contributed by atoms with Gasteiger partial charge in [-0.3, -0.25) is 4.79 Å². The normalized spacial score (nSPS) is 30.8. The van der Waals surface area contributed by atoms with Crippen LogP contribution in [0.5, 0.6) is 5.75 Å². The summed E-state index contributed by atoms with van der Waals surface area (Å²) < 4.78 is 9.49. The third-order valence-corrected chi connectivity index (χ3v) is 6.59. The molecule has 1 saturated carbocycles. The van der Waals surface area contributed by atoms with Crippen molar-refractivity contribution in [2.75, 3.05) is 0 Å². The van der Waals surface area contributed by atoms with Crippen LogP contribution in [0.1, 0.15) is 50.2 Å². The first-order valence-corrected chi connectivity index (χ1v) is 9.09. The third-order valence-electron chi connectivity index (χ3n) is 6.22. The molecule has 0 aromatic heterocycles. The summed E-state index contributed by atoms with van der Waals surface area (Å²) in [6.07, 6.45) is 4.05. The van der Waals surface area contributed by atoms with Gasteiger partial charge in [-0.25, -0.2) is 5.26 Å². The molecular weight excluding hydrogens is 344 g/mol. The van der Waals surface area contributed by atoms with Gasteiger partial charge in [0.05, 0.1) is 11.0 Å². The number of benzene rings is 1. The van der Waals surface area contributed by atoms with Crippen LogP contribution in [0.15, 0.2) is 23.8 Å². The topological polar surface area (TPSA) is 85.2 Å². The van der Waals surface area contributed by atoms with Gasteiger partial charge < -0.3 is 9.29 Å². The van der Waals surface area contributed by atoms with E-state index in [1.54, 1.807) is 0 Å². The quantitative estimate of drug-likeness (QED) is 0.365. The van der Waals surface area contributed by atoms with Gasteiger partial charge in [0.1, 0.15) is 11.5 Å². The number of fused-ring (bicyclic) bond motifs is 4. The maximum Gasteiger partial charge on any atom is 0.261 e. The highest BCUT2D eigenvalue weighted by Gasteiger charge is 2.60. The fourth-order valence-electron chi connectivity index (χ4n) is 4.79. The minimum absolute atomic E-state index is 0.194. The van der Waals surface area contributed by atoms with E-state index in [1.807, 2.05) is 25.1 Å². The Labute approximate surface area is 150 Å². The number of hydrogen-bond acceptors (Lipinski definition) is 7. The summed E-state index contributed by atoms with van der Waals surface area (Å²) in [5.74, 6) is 0.791. The summed E-state index contributed by atoms with van der Waals surface area (Å²) in [5, 5.41) is 23.0. The van der Waals surface area contributed by atoms with Crippen LogP contribution >= 0.6 is 12.3 Å². The highest BCUT2D eigenvalue weighted by Crippen LogP contribution is 2.58. The number of carbonyl (C=O) groups excluding carboxylic acids is 1. The summed E-state index contributed by atoms with van der Waals surface area (Å²) in [5.41, 5.74) is 2.90. The number of aryl methyl sites for hydroxylation is 1. The van der Waals surface area contributed by atoms with Gasteiger partial charge in [0.15, 0.2) is 0 Å². The molecule has 7 heteroatoms. The third kappa shape index (κ3) is 2.45. The second kappa shape index (κ2) is 6.10. The molecule has 134 valence electrons. The fourth-order valence-corrected chi connectivity index (χ4v) is 5.02. The second-order valence-corrected chi connectivity index (χ2v) is 7.62. The predicted molar refractivity (Wildman–Crippen MR) is 91.2 cm³/mol. The number of hydrogen-bond donors (Lipinski definition) is 2. The first-order valence-electron chi connectivity index (χ1n) is 8.42. The van der Waals surface area contributed by atoms with Gasteiger partial charge in [-0.05, 0) is 73.4 Å². The number of carbonyl (C=O) groups is 1. The molecule has 0 saturated heterocycles. The zero-order chi connectivity index (χ0) is 17.7. The van der Waals surface area contributed by atoms with Crippen molar-refractivity contribution in [1.82, 2.24) is 0 Å². The molecule has 1 aromatic carbocycles. The van der Waals surface area contributed by atoms with Gasteiger partial charge in [-0.1, -0.05) is 15.4 Å². The van der Waals surface area contributed by atoms with E-state index >= 15 is 0 Å². The Morgan fingerprint density at radius 2 is 2.00 bits per heavy atom. The lowest BCUT2D eigenvalue weighted by molar-refractivity contribution is -0.433. The summed E-state index contributed by atoms with van der Waals surface area (Å²) in [7, 11) is 0. The molecule has 2 atom stereocenters. The van der Waals surface area contributed by atoms with Crippen molar-refractivity contribution in [1.29, 1.82) is 0 Å². The van der Waals surface area contributed by atoms with Crippen molar-refractivity contribution in [3.63, 3.8) is 0 Å². The van der Waals surface area contributed by atoms with Crippen LogP contribution in [0.25, 0.3) is 5.57 Å². The molecule has 1 unspecified atom stereocenters. The van der Waals surface area contributed by atoms with Crippen molar-refractivity contribution in [3.8, 4) is 5.75 Å². The number of aliphatic hydroxyl groups is 1. The van der Waals surface area contributed by atoms with Crippen LogP contribution in [0.2, 0.25) is 0 Å².